The van der Waals surface area contributed by atoms with Gasteiger partial charge in [-0.05, 0) is 42.3 Å². The van der Waals surface area contributed by atoms with E-state index in [4.69, 9.17) is 27.9 Å². The van der Waals surface area contributed by atoms with Crippen LogP contribution in [0.2, 0.25) is 10.0 Å². The molecule has 162 valence electrons. The molecule has 0 aliphatic carbocycles. The van der Waals surface area contributed by atoms with E-state index in [1.807, 2.05) is 30.3 Å². The largest absolute Gasteiger partial charge is 0.452 e. The molecule has 3 rings (SSSR count). The Morgan fingerprint density at radius 1 is 1.23 bits per heavy atom. The maximum Gasteiger partial charge on any atom is 0.331 e. The van der Waals surface area contributed by atoms with E-state index in [-0.39, 0.29) is 18.4 Å². The second-order valence-corrected chi connectivity index (χ2v) is 8.82. The maximum atomic E-state index is 12.1. The molecular formula is C23H22Cl2N2O3S. The Bertz CT molecular complexity index is 1060. The fraction of sp³-hybridized carbons (Fsp3) is 0.261. The second kappa shape index (κ2) is 11.3. The molecule has 1 heterocycles. The Kier molecular flexibility index (Phi) is 8.46. The number of nitrogens with one attached hydrogen (secondary N) is 1. The molecule has 0 bridgehead atoms. The van der Waals surface area contributed by atoms with Crippen molar-refractivity contribution in [3.8, 4) is 0 Å². The van der Waals surface area contributed by atoms with Gasteiger partial charge in [-0.3, -0.25) is 4.79 Å². The van der Waals surface area contributed by atoms with Crippen molar-refractivity contribution in [3.05, 3.63) is 69.2 Å². The summed E-state index contributed by atoms with van der Waals surface area (Å²) in [6.45, 7) is 2.11. The van der Waals surface area contributed by atoms with Gasteiger partial charge in [-0.1, -0.05) is 54.7 Å². The van der Waals surface area contributed by atoms with E-state index in [1.165, 1.54) is 17.4 Å². The van der Waals surface area contributed by atoms with Crippen LogP contribution in [0.3, 0.4) is 0 Å². The van der Waals surface area contributed by atoms with E-state index >= 15 is 0 Å². The number of fused-ring (bicyclic) bond motifs is 1. The Morgan fingerprint density at radius 3 is 2.77 bits per heavy atom. The molecular weight excluding hydrogens is 455 g/mol. The van der Waals surface area contributed by atoms with Gasteiger partial charge in [-0.25, -0.2) is 9.78 Å². The Balaban J connectivity index is 1.48. The zero-order valence-corrected chi connectivity index (χ0v) is 19.3. The number of rotatable bonds is 9. The number of benzene rings is 2. The van der Waals surface area contributed by atoms with Gasteiger partial charge in [0.1, 0.15) is 5.01 Å². The van der Waals surface area contributed by atoms with Crippen molar-refractivity contribution in [1.82, 2.24) is 10.3 Å². The van der Waals surface area contributed by atoms with E-state index in [1.54, 1.807) is 18.2 Å². The molecule has 2 aromatic carbocycles. The summed E-state index contributed by atoms with van der Waals surface area (Å²) in [7, 11) is 0. The maximum absolute atomic E-state index is 12.1. The van der Waals surface area contributed by atoms with Gasteiger partial charge >= 0.3 is 5.97 Å². The first-order chi connectivity index (χ1) is 15.0. The number of halogens is 2. The lowest BCUT2D eigenvalue weighted by molar-refractivity contribution is -0.143. The number of carbonyl (C=O) groups excluding carboxylic acids is 2. The molecule has 1 amide bonds. The van der Waals surface area contributed by atoms with Crippen molar-refractivity contribution in [1.29, 1.82) is 0 Å². The van der Waals surface area contributed by atoms with Gasteiger partial charge in [0.25, 0.3) is 5.91 Å². The molecule has 1 unspecified atom stereocenters. The van der Waals surface area contributed by atoms with Gasteiger partial charge < -0.3 is 10.1 Å². The van der Waals surface area contributed by atoms with Crippen LogP contribution in [0.5, 0.6) is 0 Å². The average Bonchev–Trinajstić information content (AvgIpc) is 3.17. The molecule has 0 saturated carbocycles. The van der Waals surface area contributed by atoms with Crippen LogP contribution in [-0.4, -0.2) is 30.0 Å². The summed E-state index contributed by atoms with van der Waals surface area (Å²) >= 11 is 13.8. The van der Waals surface area contributed by atoms with Crippen LogP contribution in [0.15, 0.2) is 48.5 Å². The fourth-order valence-electron chi connectivity index (χ4n) is 3.12. The van der Waals surface area contributed by atoms with Crippen LogP contribution in [0.25, 0.3) is 16.3 Å². The molecule has 1 N–H and O–H groups in total. The zero-order valence-electron chi connectivity index (χ0n) is 16.9. The molecule has 0 spiro atoms. The molecule has 0 fully saturated rings. The summed E-state index contributed by atoms with van der Waals surface area (Å²) < 4.78 is 6.07. The molecule has 0 aliphatic heterocycles. The van der Waals surface area contributed by atoms with Crippen molar-refractivity contribution in [2.75, 3.05) is 13.2 Å². The van der Waals surface area contributed by atoms with Gasteiger partial charge in [-0.15, -0.1) is 11.3 Å². The summed E-state index contributed by atoms with van der Waals surface area (Å²) in [5.41, 5.74) is 1.81. The zero-order chi connectivity index (χ0) is 22.2. The molecule has 0 radical (unpaired) electrons. The Labute approximate surface area is 195 Å². The molecule has 1 atom stereocenters. The lowest BCUT2D eigenvalue weighted by atomic mass is 9.94. The number of amides is 1. The number of nitrogens with zero attached hydrogens (tertiary/aromatic N) is 1. The predicted molar refractivity (Wildman–Crippen MR) is 127 cm³/mol. The van der Waals surface area contributed by atoms with Crippen LogP contribution in [0.4, 0.5) is 0 Å². The monoisotopic (exact) mass is 476 g/mol. The summed E-state index contributed by atoms with van der Waals surface area (Å²) in [5, 5.41) is 4.66. The molecule has 0 saturated heterocycles. The molecule has 0 aliphatic rings. The number of ether oxygens (including phenoxy) is 1. The number of hydrogen-bond donors (Lipinski definition) is 1. The average molecular weight is 477 g/mol. The van der Waals surface area contributed by atoms with Crippen molar-refractivity contribution in [2.24, 2.45) is 0 Å². The van der Waals surface area contributed by atoms with Crippen LogP contribution in [0, 0.1) is 0 Å². The van der Waals surface area contributed by atoms with Gasteiger partial charge in [0.2, 0.25) is 0 Å². The minimum Gasteiger partial charge on any atom is -0.452 e. The highest BCUT2D eigenvalue weighted by atomic mass is 35.5. The number of aromatic nitrogens is 1. The number of esters is 1. The first kappa shape index (κ1) is 23.3. The standard InChI is InChI=1S/C23H22Cl2N2O3S/c1-2-5-15(17-9-8-16(24)12-18(17)25)13-26-21(28)14-30-23(29)11-10-22-27-19-6-3-4-7-20(19)31-22/h3-4,6-12,15H,2,5,13-14H2,1H3,(H,26,28). The topological polar surface area (TPSA) is 68.3 Å². The Morgan fingerprint density at radius 2 is 2.03 bits per heavy atom. The second-order valence-electron chi connectivity index (χ2n) is 6.92. The highest BCUT2D eigenvalue weighted by molar-refractivity contribution is 7.19. The first-order valence-electron chi connectivity index (χ1n) is 9.88. The number of carbonyl (C=O) groups is 2. The van der Waals surface area contributed by atoms with Crippen molar-refractivity contribution >= 4 is 62.7 Å². The summed E-state index contributed by atoms with van der Waals surface area (Å²) in [6.07, 6.45) is 4.65. The summed E-state index contributed by atoms with van der Waals surface area (Å²) in [5.74, 6) is -0.915. The number of thiazole rings is 1. The third-order valence-electron chi connectivity index (χ3n) is 4.60. The molecule has 5 nitrogen and oxygen atoms in total. The number of para-hydroxylation sites is 1. The lowest BCUT2D eigenvalue weighted by Gasteiger charge is -2.19. The predicted octanol–water partition coefficient (Wildman–Crippen LogP) is 5.86. The van der Waals surface area contributed by atoms with E-state index < -0.39 is 5.97 Å². The summed E-state index contributed by atoms with van der Waals surface area (Å²) in [4.78, 5) is 28.5. The van der Waals surface area contributed by atoms with Crippen LogP contribution in [0.1, 0.15) is 36.3 Å². The van der Waals surface area contributed by atoms with Gasteiger partial charge in [0.15, 0.2) is 6.61 Å². The molecule has 3 aromatic rings. The molecule has 1 aromatic heterocycles. The third-order valence-corrected chi connectivity index (χ3v) is 6.17. The minimum atomic E-state index is -0.597. The van der Waals surface area contributed by atoms with Crippen LogP contribution < -0.4 is 5.32 Å². The van der Waals surface area contributed by atoms with Gasteiger partial charge in [-0.2, -0.15) is 0 Å². The van der Waals surface area contributed by atoms with Gasteiger partial charge in [0.05, 0.1) is 10.2 Å². The van der Waals surface area contributed by atoms with E-state index in [0.717, 1.165) is 28.6 Å². The van der Waals surface area contributed by atoms with Crippen molar-refractivity contribution in [2.45, 2.75) is 25.7 Å². The lowest BCUT2D eigenvalue weighted by Crippen LogP contribution is -2.32. The van der Waals surface area contributed by atoms with Crippen LogP contribution in [-0.2, 0) is 14.3 Å². The highest BCUT2D eigenvalue weighted by Gasteiger charge is 2.16. The van der Waals surface area contributed by atoms with Crippen molar-refractivity contribution < 1.29 is 14.3 Å². The highest BCUT2D eigenvalue weighted by Crippen LogP contribution is 2.30. The SMILES string of the molecule is CCCC(CNC(=O)COC(=O)C=Cc1nc2ccccc2s1)c1ccc(Cl)cc1Cl. The molecule has 31 heavy (non-hydrogen) atoms. The Hall–Kier alpha value is -2.41. The smallest absolute Gasteiger partial charge is 0.331 e. The minimum absolute atomic E-state index is 0.0494. The fourth-order valence-corrected chi connectivity index (χ4v) is 4.56. The third kappa shape index (κ3) is 6.79. The number of hydrogen-bond acceptors (Lipinski definition) is 5. The van der Waals surface area contributed by atoms with E-state index in [0.29, 0.717) is 21.6 Å². The normalized spacial score (nSPS) is 12.2. The van der Waals surface area contributed by atoms with Crippen LogP contribution >= 0.6 is 34.5 Å². The van der Waals surface area contributed by atoms with E-state index in [2.05, 4.69) is 17.2 Å². The quantitative estimate of drug-likeness (QED) is 0.310. The first-order valence-corrected chi connectivity index (χ1v) is 11.5. The molecule has 8 heteroatoms. The van der Waals surface area contributed by atoms with E-state index in [9.17, 15) is 9.59 Å². The summed E-state index contributed by atoms with van der Waals surface area (Å²) in [6, 6.07) is 13.1. The van der Waals surface area contributed by atoms with Gasteiger partial charge in [0, 0.05) is 28.6 Å². The van der Waals surface area contributed by atoms with Crippen molar-refractivity contribution in [3.63, 3.8) is 0 Å².